The summed E-state index contributed by atoms with van der Waals surface area (Å²) < 4.78 is 0. The number of fused-ring (bicyclic) bond motifs is 1. The van der Waals surface area contributed by atoms with E-state index in [-0.39, 0.29) is 0 Å². The lowest BCUT2D eigenvalue weighted by atomic mass is 9.58. The Hall–Kier alpha value is -1.04. The molecule has 1 saturated carbocycles. The summed E-state index contributed by atoms with van der Waals surface area (Å²) in [6.07, 6.45) is 7.89. The van der Waals surface area contributed by atoms with Crippen LogP contribution >= 0.6 is 0 Å². The van der Waals surface area contributed by atoms with Gasteiger partial charge in [0.2, 0.25) is 0 Å². The normalized spacial score (nSPS) is 33.9. The fourth-order valence-electron chi connectivity index (χ4n) is 4.50. The molecular formula is C18H24. The van der Waals surface area contributed by atoms with Crippen molar-refractivity contribution >= 4 is 0 Å². The van der Waals surface area contributed by atoms with Crippen molar-refractivity contribution < 1.29 is 0 Å². The molecule has 0 aromatic heterocycles. The van der Waals surface area contributed by atoms with Gasteiger partial charge in [0.05, 0.1) is 0 Å². The van der Waals surface area contributed by atoms with Crippen molar-refractivity contribution in [3.8, 4) is 0 Å². The highest BCUT2D eigenvalue weighted by molar-refractivity contribution is 5.37. The third kappa shape index (κ3) is 1.66. The number of hydrogen-bond acceptors (Lipinski definition) is 0. The summed E-state index contributed by atoms with van der Waals surface area (Å²) in [5, 5.41) is 0. The molecule has 0 radical (unpaired) electrons. The largest absolute Gasteiger partial charge is 0.0836 e. The van der Waals surface area contributed by atoms with E-state index in [0.717, 1.165) is 0 Å². The number of rotatable bonds is 1. The molecule has 0 aliphatic heterocycles. The van der Waals surface area contributed by atoms with Gasteiger partial charge in [0, 0.05) is 0 Å². The molecule has 1 aromatic rings. The molecule has 1 fully saturated rings. The predicted molar refractivity (Wildman–Crippen MR) is 77.6 cm³/mol. The zero-order chi connectivity index (χ0) is 12.8. The van der Waals surface area contributed by atoms with Crippen molar-refractivity contribution in [3.05, 3.63) is 47.5 Å². The van der Waals surface area contributed by atoms with Crippen LogP contribution in [0.3, 0.4) is 0 Å². The van der Waals surface area contributed by atoms with Gasteiger partial charge in [0.15, 0.2) is 0 Å². The first-order chi connectivity index (χ1) is 8.54. The average molecular weight is 240 g/mol. The Bertz CT molecular complexity index is 466. The van der Waals surface area contributed by atoms with Crippen LogP contribution in [-0.2, 0) is 0 Å². The summed E-state index contributed by atoms with van der Waals surface area (Å²) in [6.45, 7) is 7.37. The third-order valence-electron chi connectivity index (χ3n) is 5.37. The Labute approximate surface area is 111 Å². The highest BCUT2D eigenvalue weighted by atomic mass is 14.5. The first kappa shape index (κ1) is 12.0. The monoisotopic (exact) mass is 240 g/mol. The molecule has 2 aliphatic rings. The van der Waals surface area contributed by atoms with E-state index >= 15 is 0 Å². The van der Waals surface area contributed by atoms with E-state index in [1.54, 1.807) is 5.57 Å². The Balaban J connectivity index is 1.99. The van der Waals surface area contributed by atoms with Crippen LogP contribution in [0.5, 0.6) is 0 Å². The highest BCUT2D eigenvalue weighted by Crippen LogP contribution is 2.61. The fourth-order valence-corrected chi connectivity index (χ4v) is 4.50. The Morgan fingerprint density at radius 2 is 1.72 bits per heavy atom. The second-order valence-corrected chi connectivity index (χ2v) is 6.97. The standard InChI is InChI=1S/C18H24/c1-17(2)12-7-13-18(3)15(10-11-16(17)18)14-8-5-4-6-9-14/h4-6,8-9,11,15H,7,10,12-13H2,1-3H3/t15-,18-/m0/s1. The lowest BCUT2D eigenvalue weighted by Crippen LogP contribution is -2.35. The summed E-state index contributed by atoms with van der Waals surface area (Å²) in [6, 6.07) is 11.1. The van der Waals surface area contributed by atoms with Gasteiger partial charge in [-0.05, 0) is 41.6 Å². The molecular weight excluding hydrogens is 216 g/mol. The molecule has 1 aromatic carbocycles. The van der Waals surface area contributed by atoms with Gasteiger partial charge < -0.3 is 0 Å². The maximum absolute atomic E-state index is 2.55. The fraction of sp³-hybridized carbons (Fsp3) is 0.556. The summed E-state index contributed by atoms with van der Waals surface area (Å²) >= 11 is 0. The van der Waals surface area contributed by atoms with Crippen molar-refractivity contribution in [2.45, 2.75) is 52.4 Å². The van der Waals surface area contributed by atoms with Crippen LogP contribution in [-0.4, -0.2) is 0 Å². The SMILES string of the molecule is CC1(C)CCC[C@]2(C)C1=CC[C@H]2c1ccccc1. The maximum Gasteiger partial charge on any atom is -0.00358 e. The van der Waals surface area contributed by atoms with E-state index in [9.17, 15) is 0 Å². The van der Waals surface area contributed by atoms with Crippen LogP contribution in [0.15, 0.2) is 42.0 Å². The molecule has 0 spiro atoms. The van der Waals surface area contributed by atoms with Crippen LogP contribution in [0.2, 0.25) is 0 Å². The van der Waals surface area contributed by atoms with Gasteiger partial charge >= 0.3 is 0 Å². The van der Waals surface area contributed by atoms with E-state index in [4.69, 9.17) is 0 Å². The quantitative estimate of drug-likeness (QED) is 0.583. The molecule has 0 heteroatoms. The van der Waals surface area contributed by atoms with Crippen LogP contribution in [0, 0.1) is 10.8 Å². The Kier molecular flexibility index (Phi) is 2.66. The van der Waals surface area contributed by atoms with Crippen molar-refractivity contribution in [1.82, 2.24) is 0 Å². The summed E-state index contributed by atoms with van der Waals surface area (Å²) in [7, 11) is 0. The van der Waals surface area contributed by atoms with E-state index in [1.807, 2.05) is 0 Å². The van der Waals surface area contributed by atoms with Crippen LogP contribution in [0.1, 0.15) is 57.9 Å². The van der Waals surface area contributed by atoms with Gasteiger partial charge in [-0.2, -0.15) is 0 Å². The minimum atomic E-state index is 0.406. The zero-order valence-corrected chi connectivity index (χ0v) is 11.9. The van der Waals surface area contributed by atoms with Gasteiger partial charge in [0.25, 0.3) is 0 Å². The van der Waals surface area contributed by atoms with Gasteiger partial charge in [-0.1, -0.05) is 69.2 Å². The highest BCUT2D eigenvalue weighted by Gasteiger charge is 2.49. The van der Waals surface area contributed by atoms with Gasteiger partial charge in [0.1, 0.15) is 0 Å². The number of benzene rings is 1. The second kappa shape index (κ2) is 3.98. The van der Waals surface area contributed by atoms with Crippen molar-refractivity contribution in [2.24, 2.45) is 10.8 Å². The Morgan fingerprint density at radius 1 is 1.00 bits per heavy atom. The number of allylic oxidation sites excluding steroid dienone is 2. The first-order valence-corrected chi connectivity index (χ1v) is 7.30. The zero-order valence-electron chi connectivity index (χ0n) is 11.9. The summed E-state index contributed by atoms with van der Waals surface area (Å²) in [5.74, 6) is 0.702. The minimum absolute atomic E-state index is 0.406. The topological polar surface area (TPSA) is 0 Å². The molecule has 2 aliphatic carbocycles. The lowest BCUT2D eigenvalue weighted by molar-refractivity contribution is 0.182. The molecule has 96 valence electrons. The molecule has 0 bridgehead atoms. The molecule has 0 nitrogen and oxygen atoms in total. The van der Waals surface area contributed by atoms with Crippen LogP contribution in [0.4, 0.5) is 0 Å². The van der Waals surface area contributed by atoms with Crippen molar-refractivity contribution in [2.75, 3.05) is 0 Å². The third-order valence-corrected chi connectivity index (χ3v) is 5.37. The second-order valence-electron chi connectivity index (χ2n) is 6.97. The molecule has 0 saturated heterocycles. The van der Waals surface area contributed by atoms with E-state index in [1.165, 1.54) is 31.2 Å². The van der Waals surface area contributed by atoms with Crippen molar-refractivity contribution in [1.29, 1.82) is 0 Å². The Morgan fingerprint density at radius 3 is 2.44 bits per heavy atom. The maximum atomic E-state index is 2.55. The predicted octanol–water partition coefficient (Wildman–Crippen LogP) is 5.32. The average Bonchev–Trinajstić information content (AvgIpc) is 2.69. The smallest absolute Gasteiger partial charge is 0.00358 e. The van der Waals surface area contributed by atoms with E-state index in [2.05, 4.69) is 57.2 Å². The van der Waals surface area contributed by atoms with Gasteiger partial charge in [-0.3, -0.25) is 0 Å². The van der Waals surface area contributed by atoms with E-state index in [0.29, 0.717) is 16.7 Å². The molecule has 0 N–H and O–H groups in total. The van der Waals surface area contributed by atoms with E-state index < -0.39 is 0 Å². The van der Waals surface area contributed by atoms with Gasteiger partial charge in [-0.25, -0.2) is 0 Å². The molecule has 0 amide bonds. The summed E-state index contributed by atoms with van der Waals surface area (Å²) in [5.41, 5.74) is 4.08. The summed E-state index contributed by atoms with van der Waals surface area (Å²) in [4.78, 5) is 0. The van der Waals surface area contributed by atoms with Crippen LogP contribution < -0.4 is 0 Å². The van der Waals surface area contributed by atoms with Crippen LogP contribution in [0.25, 0.3) is 0 Å². The van der Waals surface area contributed by atoms with Gasteiger partial charge in [-0.15, -0.1) is 0 Å². The molecule has 3 rings (SSSR count). The molecule has 0 heterocycles. The lowest BCUT2D eigenvalue weighted by Gasteiger charge is -2.46. The number of hydrogen-bond donors (Lipinski definition) is 0. The molecule has 0 unspecified atom stereocenters. The molecule has 18 heavy (non-hydrogen) atoms. The van der Waals surface area contributed by atoms with Crippen molar-refractivity contribution in [3.63, 3.8) is 0 Å². The first-order valence-electron chi connectivity index (χ1n) is 7.30. The molecule has 2 atom stereocenters. The minimum Gasteiger partial charge on any atom is -0.0836 e.